The van der Waals surface area contributed by atoms with Crippen molar-refractivity contribution in [2.24, 2.45) is 0 Å². The summed E-state index contributed by atoms with van der Waals surface area (Å²) in [5.74, 6) is -1.08. The van der Waals surface area contributed by atoms with Crippen molar-refractivity contribution in [1.29, 1.82) is 0 Å². The maximum atomic E-state index is 11.2. The maximum Gasteiger partial charge on any atom is 0.239 e. The molecule has 0 heterocycles. The number of hydrogen-bond acceptors (Lipinski definition) is 3. The van der Waals surface area contributed by atoms with Crippen LogP contribution in [0.15, 0.2) is 24.3 Å². The van der Waals surface area contributed by atoms with Crippen LogP contribution < -0.4 is 0 Å². The topological polar surface area (TPSA) is 51.2 Å². The molecule has 0 N–H and O–H groups in total. The lowest BCUT2D eigenvalue weighted by molar-refractivity contribution is -0.116. The summed E-state index contributed by atoms with van der Waals surface area (Å²) in [5, 5.41) is 0.566. The Morgan fingerprint density at radius 3 is 2.20 bits per heavy atom. The predicted octanol–water partition coefficient (Wildman–Crippen LogP) is 2.02. The minimum absolute atomic E-state index is 0.0448. The van der Waals surface area contributed by atoms with Crippen molar-refractivity contribution in [2.45, 2.75) is 6.42 Å². The quantitative estimate of drug-likeness (QED) is 0.784. The van der Waals surface area contributed by atoms with Crippen LogP contribution in [0, 0.1) is 0 Å². The molecule has 0 aromatic heterocycles. The van der Waals surface area contributed by atoms with Crippen LogP contribution in [0.1, 0.15) is 5.56 Å². The SMILES string of the molecule is O=C(Cc1ccc(Cl)cc1)CS(=O)(=O)Cl. The van der Waals surface area contributed by atoms with Gasteiger partial charge in [-0.05, 0) is 17.7 Å². The Balaban J connectivity index is 2.63. The van der Waals surface area contributed by atoms with Crippen LogP contribution in [-0.2, 0) is 20.3 Å². The summed E-state index contributed by atoms with van der Waals surface area (Å²) < 4.78 is 21.2. The lowest BCUT2D eigenvalue weighted by atomic mass is 10.1. The highest BCUT2D eigenvalue weighted by atomic mass is 35.7. The van der Waals surface area contributed by atoms with Crippen LogP contribution in [0.2, 0.25) is 5.02 Å². The molecule has 1 aromatic carbocycles. The number of carbonyl (C=O) groups is 1. The number of halogens is 2. The molecule has 3 nitrogen and oxygen atoms in total. The Kier molecular flexibility index (Phi) is 4.13. The minimum Gasteiger partial charge on any atom is -0.298 e. The van der Waals surface area contributed by atoms with Crippen LogP contribution in [0.5, 0.6) is 0 Å². The summed E-state index contributed by atoms with van der Waals surface area (Å²) in [6, 6.07) is 6.61. The standard InChI is InChI=1S/C9H8Cl2O3S/c10-8-3-1-7(2-4-8)5-9(12)6-15(11,13)14/h1-4H,5-6H2. The molecule has 0 spiro atoms. The van der Waals surface area contributed by atoms with E-state index in [2.05, 4.69) is 0 Å². The van der Waals surface area contributed by atoms with Crippen LogP contribution >= 0.6 is 22.3 Å². The highest BCUT2D eigenvalue weighted by Gasteiger charge is 2.13. The van der Waals surface area contributed by atoms with Crippen LogP contribution in [0.25, 0.3) is 0 Å². The lowest BCUT2D eigenvalue weighted by Crippen LogP contribution is -2.13. The monoisotopic (exact) mass is 266 g/mol. The van der Waals surface area contributed by atoms with Gasteiger partial charge in [-0.15, -0.1) is 0 Å². The lowest BCUT2D eigenvalue weighted by Gasteiger charge is -1.99. The van der Waals surface area contributed by atoms with E-state index < -0.39 is 20.6 Å². The van der Waals surface area contributed by atoms with Gasteiger partial charge in [0.25, 0.3) is 0 Å². The first-order valence-electron chi connectivity index (χ1n) is 4.05. The fraction of sp³-hybridized carbons (Fsp3) is 0.222. The molecule has 0 saturated heterocycles. The fourth-order valence-electron chi connectivity index (χ4n) is 1.07. The Morgan fingerprint density at radius 2 is 1.73 bits per heavy atom. The van der Waals surface area contributed by atoms with Gasteiger partial charge in [0, 0.05) is 22.1 Å². The smallest absolute Gasteiger partial charge is 0.239 e. The van der Waals surface area contributed by atoms with Gasteiger partial charge in [0.15, 0.2) is 5.78 Å². The highest BCUT2D eigenvalue weighted by molar-refractivity contribution is 8.14. The first-order chi connectivity index (χ1) is 6.87. The third kappa shape index (κ3) is 5.16. The summed E-state index contributed by atoms with van der Waals surface area (Å²) in [7, 11) is 1.19. The highest BCUT2D eigenvalue weighted by Crippen LogP contribution is 2.10. The van der Waals surface area contributed by atoms with E-state index in [4.69, 9.17) is 22.3 Å². The Hall–Kier alpha value is -0.580. The molecule has 15 heavy (non-hydrogen) atoms. The number of benzene rings is 1. The molecule has 0 fully saturated rings. The van der Waals surface area contributed by atoms with E-state index in [-0.39, 0.29) is 6.42 Å². The zero-order valence-corrected chi connectivity index (χ0v) is 9.94. The molecule has 0 saturated carbocycles. The van der Waals surface area contributed by atoms with Gasteiger partial charge in [-0.25, -0.2) is 8.42 Å². The molecule has 0 unspecified atom stereocenters. The Morgan fingerprint density at radius 1 is 1.20 bits per heavy atom. The van der Waals surface area contributed by atoms with Crippen molar-refractivity contribution >= 4 is 37.1 Å². The van der Waals surface area contributed by atoms with E-state index in [1.54, 1.807) is 24.3 Å². The third-order valence-electron chi connectivity index (χ3n) is 1.65. The first kappa shape index (κ1) is 12.5. The molecule has 1 aromatic rings. The Labute approximate surface area is 97.4 Å². The maximum absolute atomic E-state index is 11.2. The van der Waals surface area contributed by atoms with E-state index in [1.807, 2.05) is 0 Å². The minimum atomic E-state index is -3.76. The summed E-state index contributed by atoms with van der Waals surface area (Å²) in [5.41, 5.74) is 0.713. The summed E-state index contributed by atoms with van der Waals surface area (Å²) in [6.45, 7) is 0. The van der Waals surface area contributed by atoms with Crippen molar-refractivity contribution in [3.63, 3.8) is 0 Å². The van der Waals surface area contributed by atoms with Gasteiger partial charge in [0.1, 0.15) is 5.75 Å². The molecular formula is C9H8Cl2O3S. The van der Waals surface area contributed by atoms with Gasteiger partial charge in [-0.2, -0.15) is 0 Å². The van der Waals surface area contributed by atoms with E-state index >= 15 is 0 Å². The number of rotatable bonds is 4. The van der Waals surface area contributed by atoms with Crippen LogP contribution in [-0.4, -0.2) is 20.0 Å². The van der Waals surface area contributed by atoms with Gasteiger partial charge in [-0.3, -0.25) is 4.79 Å². The molecule has 0 bridgehead atoms. The number of hydrogen-bond donors (Lipinski definition) is 0. The van der Waals surface area contributed by atoms with E-state index in [1.165, 1.54) is 0 Å². The van der Waals surface area contributed by atoms with Crippen molar-refractivity contribution in [3.05, 3.63) is 34.9 Å². The molecule has 6 heteroatoms. The molecule has 0 aliphatic rings. The molecule has 0 atom stereocenters. The van der Waals surface area contributed by atoms with E-state index in [0.717, 1.165) is 0 Å². The van der Waals surface area contributed by atoms with Crippen molar-refractivity contribution < 1.29 is 13.2 Å². The zero-order chi connectivity index (χ0) is 11.5. The van der Waals surface area contributed by atoms with Gasteiger partial charge in [0.05, 0.1) is 0 Å². The first-order valence-corrected chi connectivity index (χ1v) is 6.91. The van der Waals surface area contributed by atoms with Crippen LogP contribution in [0.3, 0.4) is 0 Å². The van der Waals surface area contributed by atoms with Crippen LogP contribution in [0.4, 0.5) is 0 Å². The fourth-order valence-corrected chi connectivity index (χ4v) is 2.05. The van der Waals surface area contributed by atoms with Gasteiger partial charge >= 0.3 is 0 Å². The molecule has 0 aliphatic carbocycles. The second-order valence-corrected chi connectivity index (χ2v) is 6.24. The second-order valence-electron chi connectivity index (χ2n) is 3.03. The number of Topliss-reactive ketones (excluding diaryl/α,β-unsaturated/α-hetero) is 1. The molecular weight excluding hydrogens is 259 g/mol. The van der Waals surface area contributed by atoms with E-state index in [0.29, 0.717) is 10.6 Å². The summed E-state index contributed by atoms with van der Waals surface area (Å²) in [6.07, 6.45) is 0.0448. The van der Waals surface area contributed by atoms with Crippen molar-refractivity contribution in [1.82, 2.24) is 0 Å². The van der Waals surface area contributed by atoms with Crippen molar-refractivity contribution in [2.75, 3.05) is 5.75 Å². The molecule has 0 amide bonds. The predicted molar refractivity (Wildman–Crippen MR) is 59.8 cm³/mol. The molecule has 0 aliphatic heterocycles. The number of carbonyl (C=O) groups excluding carboxylic acids is 1. The number of ketones is 1. The Bertz CT molecular complexity index is 451. The summed E-state index contributed by atoms with van der Waals surface area (Å²) >= 11 is 5.65. The van der Waals surface area contributed by atoms with Gasteiger partial charge in [-0.1, -0.05) is 23.7 Å². The zero-order valence-electron chi connectivity index (χ0n) is 7.61. The molecule has 0 radical (unpaired) electrons. The average molecular weight is 267 g/mol. The third-order valence-corrected chi connectivity index (χ3v) is 2.89. The van der Waals surface area contributed by atoms with Gasteiger partial charge in [0.2, 0.25) is 9.05 Å². The second kappa shape index (κ2) is 4.96. The normalized spacial score (nSPS) is 11.3. The molecule has 82 valence electrons. The summed E-state index contributed by atoms with van der Waals surface area (Å²) in [4.78, 5) is 11.2. The van der Waals surface area contributed by atoms with Gasteiger partial charge < -0.3 is 0 Å². The average Bonchev–Trinajstić information content (AvgIpc) is 2.05. The van der Waals surface area contributed by atoms with Crippen molar-refractivity contribution in [3.8, 4) is 0 Å². The largest absolute Gasteiger partial charge is 0.298 e. The van der Waals surface area contributed by atoms with E-state index in [9.17, 15) is 13.2 Å². The molecule has 1 rings (SSSR count).